The van der Waals surface area contributed by atoms with Crippen molar-refractivity contribution in [2.45, 2.75) is 6.61 Å². The predicted octanol–water partition coefficient (Wildman–Crippen LogP) is 1.85. The Hall–Kier alpha value is -1.91. The SMILES string of the molecule is COC(=O)/C=C/C(=C/CO)COCc1ccccc1. The smallest absolute Gasteiger partial charge is 0.330 e. The minimum atomic E-state index is -0.438. The van der Waals surface area contributed by atoms with Crippen molar-refractivity contribution >= 4 is 5.97 Å². The molecule has 0 atom stereocenters. The van der Waals surface area contributed by atoms with E-state index in [1.165, 1.54) is 13.2 Å². The third kappa shape index (κ3) is 6.55. The van der Waals surface area contributed by atoms with Gasteiger partial charge in [0.25, 0.3) is 0 Å². The highest BCUT2D eigenvalue weighted by atomic mass is 16.5. The Labute approximate surface area is 113 Å². The van der Waals surface area contributed by atoms with Crippen LogP contribution in [0.2, 0.25) is 0 Å². The zero-order chi connectivity index (χ0) is 13.9. The molecule has 0 aliphatic carbocycles. The van der Waals surface area contributed by atoms with Gasteiger partial charge in [0.05, 0.1) is 26.9 Å². The molecule has 4 nitrogen and oxygen atoms in total. The zero-order valence-corrected chi connectivity index (χ0v) is 10.9. The van der Waals surface area contributed by atoms with Crippen LogP contribution in [-0.2, 0) is 20.9 Å². The molecule has 1 aromatic rings. The third-order valence-corrected chi connectivity index (χ3v) is 2.37. The number of carbonyl (C=O) groups is 1. The fourth-order valence-electron chi connectivity index (χ4n) is 1.40. The molecule has 0 heterocycles. The first kappa shape index (κ1) is 15.1. The van der Waals surface area contributed by atoms with Crippen molar-refractivity contribution in [1.29, 1.82) is 0 Å². The molecule has 0 bridgehead atoms. The highest BCUT2D eigenvalue weighted by Crippen LogP contribution is 2.04. The minimum absolute atomic E-state index is 0.102. The predicted molar refractivity (Wildman–Crippen MR) is 72.4 cm³/mol. The van der Waals surface area contributed by atoms with Crippen LogP contribution in [0.1, 0.15) is 5.56 Å². The highest BCUT2D eigenvalue weighted by Gasteiger charge is 1.97. The van der Waals surface area contributed by atoms with Gasteiger partial charge in [-0.1, -0.05) is 36.4 Å². The molecule has 0 fully saturated rings. The van der Waals surface area contributed by atoms with Crippen LogP contribution in [0.25, 0.3) is 0 Å². The van der Waals surface area contributed by atoms with E-state index < -0.39 is 5.97 Å². The third-order valence-electron chi connectivity index (χ3n) is 2.37. The number of aliphatic hydroxyl groups is 1. The summed E-state index contributed by atoms with van der Waals surface area (Å²) >= 11 is 0. The molecule has 0 saturated carbocycles. The number of esters is 1. The standard InChI is InChI=1S/C15H18O4/c1-18-15(17)8-7-14(9-10-16)12-19-11-13-5-3-2-4-6-13/h2-9,16H,10-12H2,1H3/b8-7+,14-9-. The van der Waals surface area contributed by atoms with E-state index in [9.17, 15) is 4.79 Å². The molecule has 0 unspecified atom stereocenters. The highest BCUT2D eigenvalue weighted by molar-refractivity contribution is 5.82. The summed E-state index contributed by atoms with van der Waals surface area (Å²) in [6.45, 7) is 0.703. The van der Waals surface area contributed by atoms with Crippen molar-refractivity contribution in [3.05, 3.63) is 59.7 Å². The van der Waals surface area contributed by atoms with Gasteiger partial charge in [0, 0.05) is 6.08 Å². The summed E-state index contributed by atoms with van der Waals surface area (Å²) < 4.78 is 10.0. The number of hydrogen-bond donors (Lipinski definition) is 1. The average Bonchev–Trinajstić information content (AvgIpc) is 2.45. The van der Waals surface area contributed by atoms with E-state index in [1.807, 2.05) is 30.3 Å². The summed E-state index contributed by atoms with van der Waals surface area (Å²) in [5, 5.41) is 8.89. The van der Waals surface area contributed by atoms with Crippen LogP contribution < -0.4 is 0 Å². The van der Waals surface area contributed by atoms with E-state index in [0.717, 1.165) is 11.1 Å². The fourth-order valence-corrected chi connectivity index (χ4v) is 1.40. The number of benzene rings is 1. The molecule has 0 spiro atoms. The normalized spacial score (nSPS) is 11.8. The topological polar surface area (TPSA) is 55.8 Å². The van der Waals surface area contributed by atoms with Crippen molar-refractivity contribution in [3.63, 3.8) is 0 Å². The Morgan fingerprint density at radius 3 is 2.63 bits per heavy atom. The van der Waals surface area contributed by atoms with Gasteiger partial charge < -0.3 is 14.6 Å². The molecule has 19 heavy (non-hydrogen) atoms. The fraction of sp³-hybridized carbons (Fsp3) is 0.267. The van der Waals surface area contributed by atoms with Crippen LogP contribution in [0.4, 0.5) is 0 Å². The van der Waals surface area contributed by atoms with Crippen LogP contribution in [-0.4, -0.2) is 31.4 Å². The Bertz CT molecular complexity index is 435. The molecule has 0 aliphatic rings. The largest absolute Gasteiger partial charge is 0.466 e. The number of aliphatic hydroxyl groups excluding tert-OH is 1. The van der Waals surface area contributed by atoms with Crippen molar-refractivity contribution in [2.24, 2.45) is 0 Å². The molecular weight excluding hydrogens is 244 g/mol. The second-order valence-electron chi connectivity index (χ2n) is 3.80. The van der Waals surface area contributed by atoms with Gasteiger partial charge in [0.1, 0.15) is 0 Å². The van der Waals surface area contributed by atoms with Gasteiger partial charge in [0.2, 0.25) is 0 Å². The summed E-state index contributed by atoms with van der Waals surface area (Å²) in [4.78, 5) is 11.0. The van der Waals surface area contributed by atoms with Crippen LogP contribution in [0.3, 0.4) is 0 Å². The van der Waals surface area contributed by atoms with Crippen molar-refractivity contribution < 1.29 is 19.4 Å². The maximum Gasteiger partial charge on any atom is 0.330 e. The van der Waals surface area contributed by atoms with Crippen molar-refractivity contribution in [2.75, 3.05) is 20.3 Å². The Kier molecular flexibility index (Phi) is 7.24. The first-order valence-electron chi connectivity index (χ1n) is 5.94. The molecule has 1 aromatic carbocycles. The molecule has 1 rings (SSSR count). The zero-order valence-electron chi connectivity index (χ0n) is 10.9. The number of methoxy groups -OCH3 is 1. The van der Waals surface area contributed by atoms with Gasteiger partial charge in [-0.3, -0.25) is 0 Å². The average molecular weight is 262 g/mol. The van der Waals surface area contributed by atoms with E-state index in [1.54, 1.807) is 12.2 Å². The van der Waals surface area contributed by atoms with Gasteiger partial charge >= 0.3 is 5.97 Å². The molecule has 0 aromatic heterocycles. The summed E-state index contributed by atoms with van der Waals surface area (Å²) in [5.41, 5.74) is 1.80. The second kappa shape index (κ2) is 9.08. The Morgan fingerprint density at radius 1 is 1.26 bits per heavy atom. The number of ether oxygens (including phenoxy) is 2. The molecule has 0 radical (unpaired) electrons. The molecule has 4 heteroatoms. The van der Waals surface area contributed by atoms with E-state index >= 15 is 0 Å². The van der Waals surface area contributed by atoms with Crippen molar-refractivity contribution in [1.82, 2.24) is 0 Å². The summed E-state index contributed by atoms with van der Waals surface area (Å²) in [6, 6.07) is 9.78. The molecule has 0 saturated heterocycles. The number of hydrogen-bond acceptors (Lipinski definition) is 4. The van der Waals surface area contributed by atoms with E-state index in [2.05, 4.69) is 4.74 Å². The van der Waals surface area contributed by atoms with E-state index in [4.69, 9.17) is 9.84 Å². The molecular formula is C15H18O4. The monoisotopic (exact) mass is 262 g/mol. The lowest BCUT2D eigenvalue weighted by molar-refractivity contribution is -0.134. The van der Waals surface area contributed by atoms with Gasteiger partial charge in [-0.05, 0) is 17.2 Å². The molecule has 0 aliphatic heterocycles. The van der Waals surface area contributed by atoms with E-state index in [0.29, 0.717) is 13.2 Å². The van der Waals surface area contributed by atoms with Crippen LogP contribution in [0.5, 0.6) is 0 Å². The summed E-state index contributed by atoms with van der Waals surface area (Å²) in [6.07, 6.45) is 4.46. The van der Waals surface area contributed by atoms with Crippen LogP contribution in [0.15, 0.2) is 54.1 Å². The molecule has 1 N–H and O–H groups in total. The first-order chi connectivity index (χ1) is 9.26. The molecule has 0 amide bonds. The Balaban J connectivity index is 2.44. The minimum Gasteiger partial charge on any atom is -0.466 e. The maximum absolute atomic E-state index is 11.0. The van der Waals surface area contributed by atoms with Crippen molar-refractivity contribution in [3.8, 4) is 0 Å². The Morgan fingerprint density at radius 2 is 2.00 bits per heavy atom. The summed E-state index contributed by atoms with van der Waals surface area (Å²) in [7, 11) is 1.31. The second-order valence-corrected chi connectivity index (χ2v) is 3.80. The quantitative estimate of drug-likeness (QED) is 0.463. The lowest BCUT2D eigenvalue weighted by Gasteiger charge is -2.05. The summed E-state index contributed by atoms with van der Waals surface area (Å²) in [5.74, 6) is -0.438. The van der Waals surface area contributed by atoms with E-state index in [-0.39, 0.29) is 6.61 Å². The number of carbonyl (C=O) groups excluding carboxylic acids is 1. The lowest BCUT2D eigenvalue weighted by Crippen LogP contribution is -2.00. The molecule has 102 valence electrons. The van der Waals surface area contributed by atoms with Crippen LogP contribution in [0, 0.1) is 0 Å². The maximum atomic E-state index is 11.0. The van der Waals surface area contributed by atoms with Gasteiger partial charge in [0.15, 0.2) is 0 Å². The van der Waals surface area contributed by atoms with Gasteiger partial charge in [-0.25, -0.2) is 4.79 Å². The van der Waals surface area contributed by atoms with Gasteiger partial charge in [-0.15, -0.1) is 0 Å². The lowest BCUT2D eigenvalue weighted by atomic mass is 10.2. The van der Waals surface area contributed by atoms with Crippen LogP contribution >= 0.6 is 0 Å². The number of rotatable bonds is 7. The first-order valence-corrected chi connectivity index (χ1v) is 5.94. The van der Waals surface area contributed by atoms with Gasteiger partial charge in [-0.2, -0.15) is 0 Å².